The first-order valence-electron chi connectivity index (χ1n) is 5.75. The number of rotatable bonds is 2. The standard InChI is InChI=1S/C11H17N5O2/c1-5(2)6(12)8-13-7-9(14-8)15(3)11(18)16(4)10(7)17/h5-6H,12H2,1-4H3,(H,13,14)/t6-/m0/s1. The summed E-state index contributed by atoms with van der Waals surface area (Å²) in [4.78, 5) is 30.9. The minimum atomic E-state index is -0.399. The van der Waals surface area contributed by atoms with E-state index in [1.165, 1.54) is 11.6 Å². The molecular formula is C11H17N5O2. The quantitative estimate of drug-likeness (QED) is 0.759. The highest BCUT2D eigenvalue weighted by molar-refractivity contribution is 5.69. The number of nitrogens with two attached hydrogens (primary N) is 1. The van der Waals surface area contributed by atoms with E-state index >= 15 is 0 Å². The zero-order chi connectivity index (χ0) is 13.6. The van der Waals surface area contributed by atoms with Crippen LogP contribution in [0.2, 0.25) is 0 Å². The third-order valence-electron chi connectivity index (χ3n) is 3.15. The van der Waals surface area contributed by atoms with Crippen LogP contribution in [0.15, 0.2) is 9.59 Å². The molecule has 0 spiro atoms. The zero-order valence-corrected chi connectivity index (χ0v) is 10.9. The zero-order valence-electron chi connectivity index (χ0n) is 10.9. The first-order valence-corrected chi connectivity index (χ1v) is 5.75. The van der Waals surface area contributed by atoms with Crippen LogP contribution in [0.4, 0.5) is 0 Å². The number of hydrogen-bond acceptors (Lipinski definition) is 4. The van der Waals surface area contributed by atoms with Gasteiger partial charge in [-0.25, -0.2) is 9.78 Å². The van der Waals surface area contributed by atoms with Crippen LogP contribution in [0, 0.1) is 5.92 Å². The molecular weight excluding hydrogens is 234 g/mol. The van der Waals surface area contributed by atoms with E-state index in [0.29, 0.717) is 17.0 Å². The SMILES string of the molecule is CC(C)[C@H](N)c1nc2c([nH]1)c(=O)n(C)c(=O)n2C. The first kappa shape index (κ1) is 12.6. The number of aryl methyl sites for hydroxylation is 1. The van der Waals surface area contributed by atoms with Crippen molar-refractivity contribution in [2.24, 2.45) is 25.7 Å². The van der Waals surface area contributed by atoms with E-state index in [9.17, 15) is 9.59 Å². The van der Waals surface area contributed by atoms with Crippen molar-refractivity contribution in [3.8, 4) is 0 Å². The molecule has 0 fully saturated rings. The lowest BCUT2D eigenvalue weighted by molar-refractivity contribution is 0.495. The lowest BCUT2D eigenvalue weighted by Gasteiger charge is -2.11. The second kappa shape index (κ2) is 4.09. The summed E-state index contributed by atoms with van der Waals surface area (Å²) >= 11 is 0. The van der Waals surface area contributed by atoms with Crippen molar-refractivity contribution in [1.82, 2.24) is 19.1 Å². The Morgan fingerprint density at radius 3 is 2.39 bits per heavy atom. The van der Waals surface area contributed by atoms with Gasteiger partial charge in [0.2, 0.25) is 0 Å². The molecule has 0 aliphatic heterocycles. The van der Waals surface area contributed by atoms with Gasteiger partial charge in [-0.2, -0.15) is 0 Å². The van der Waals surface area contributed by atoms with Crippen molar-refractivity contribution in [3.63, 3.8) is 0 Å². The van der Waals surface area contributed by atoms with E-state index in [4.69, 9.17) is 5.73 Å². The molecule has 7 heteroatoms. The molecule has 0 radical (unpaired) electrons. The van der Waals surface area contributed by atoms with Gasteiger partial charge in [0.15, 0.2) is 5.65 Å². The lowest BCUT2D eigenvalue weighted by Crippen LogP contribution is -2.36. The van der Waals surface area contributed by atoms with E-state index in [1.807, 2.05) is 13.8 Å². The van der Waals surface area contributed by atoms with Gasteiger partial charge >= 0.3 is 5.69 Å². The van der Waals surface area contributed by atoms with Gasteiger partial charge in [-0.15, -0.1) is 0 Å². The molecule has 7 nitrogen and oxygen atoms in total. The van der Waals surface area contributed by atoms with Crippen molar-refractivity contribution in [1.29, 1.82) is 0 Å². The van der Waals surface area contributed by atoms with Gasteiger partial charge in [-0.05, 0) is 5.92 Å². The average molecular weight is 251 g/mol. The lowest BCUT2D eigenvalue weighted by atomic mass is 10.1. The van der Waals surface area contributed by atoms with Gasteiger partial charge in [-0.3, -0.25) is 13.9 Å². The molecule has 2 rings (SSSR count). The molecule has 0 saturated heterocycles. The second-order valence-electron chi connectivity index (χ2n) is 4.80. The fourth-order valence-electron chi connectivity index (χ4n) is 1.82. The molecule has 0 aliphatic carbocycles. The van der Waals surface area contributed by atoms with Crippen LogP contribution in [0.5, 0.6) is 0 Å². The fraction of sp³-hybridized carbons (Fsp3) is 0.545. The van der Waals surface area contributed by atoms with Crippen LogP contribution < -0.4 is 17.0 Å². The Morgan fingerprint density at radius 2 is 1.83 bits per heavy atom. The molecule has 0 amide bonds. The molecule has 0 unspecified atom stereocenters. The molecule has 18 heavy (non-hydrogen) atoms. The van der Waals surface area contributed by atoms with Crippen LogP contribution >= 0.6 is 0 Å². The summed E-state index contributed by atoms with van der Waals surface area (Å²) in [5.74, 6) is 0.713. The third-order valence-corrected chi connectivity index (χ3v) is 3.15. The fourth-order valence-corrected chi connectivity index (χ4v) is 1.82. The van der Waals surface area contributed by atoms with E-state index in [0.717, 1.165) is 4.57 Å². The highest BCUT2D eigenvalue weighted by atomic mass is 16.2. The van der Waals surface area contributed by atoms with E-state index in [1.54, 1.807) is 7.05 Å². The topological polar surface area (TPSA) is 98.7 Å². The molecule has 3 N–H and O–H groups in total. The summed E-state index contributed by atoms with van der Waals surface area (Å²) in [6.07, 6.45) is 0. The van der Waals surface area contributed by atoms with Crippen LogP contribution in [0.3, 0.4) is 0 Å². The van der Waals surface area contributed by atoms with Crippen molar-refractivity contribution < 1.29 is 0 Å². The van der Waals surface area contributed by atoms with E-state index < -0.39 is 5.69 Å². The third kappa shape index (κ3) is 1.67. The predicted octanol–water partition coefficient (Wildman–Crippen LogP) is -0.384. The van der Waals surface area contributed by atoms with Crippen LogP contribution in [0.25, 0.3) is 11.2 Å². The van der Waals surface area contributed by atoms with E-state index in [2.05, 4.69) is 9.97 Å². The predicted molar refractivity (Wildman–Crippen MR) is 68.3 cm³/mol. The number of nitrogens with zero attached hydrogens (tertiary/aromatic N) is 3. The van der Waals surface area contributed by atoms with Crippen molar-refractivity contribution in [2.45, 2.75) is 19.9 Å². The second-order valence-corrected chi connectivity index (χ2v) is 4.80. The summed E-state index contributed by atoms with van der Waals surface area (Å²) in [6, 6.07) is -0.294. The highest BCUT2D eigenvalue weighted by Crippen LogP contribution is 2.17. The normalized spacial score (nSPS) is 13.4. The molecule has 0 aromatic carbocycles. The summed E-state index contributed by atoms with van der Waals surface area (Å²) in [5.41, 5.74) is 5.85. The van der Waals surface area contributed by atoms with Gasteiger partial charge in [0.25, 0.3) is 5.56 Å². The Morgan fingerprint density at radius 1 is 1.22 bits per heavy atom. The maximum Gasteiger partial charge on any atom is 0.332 e. The largest absolute Gasteiger partial charge is 0.335 e. The number of hydrogen-bond donors (Lipinski definition) is 2. The Balaban J connectivity index is 2.81. The van der Waals surface area contributed by atoms with Crippen molar-refractivity contribution in [2.75, 3.05) is 0 Å². The Bertz CT molecular complexity index is 707. The molecule has 1 atom stereocenters. The van der Waals surface area contributed by atoms with Gasteiger partial charge in [0.05, 0.1) is 6.04 Å². The summed E-state index contributed by atoms with van der Waals surface area (Å²) in [6.45, 7) is 3.93. The van der Waals surface area contributed by atoms with E-state index in [-0.39, 0.29) is 17.5 Å². The molecule has 0 bridgehead atoms. The Labute approximate surface area is 103 Å². The smallest absolute Gasteiger partial charge is 0.332 e. The highest BCUT2D eigenvalue weighted by Gasteiger charge is 2.18. The Kier molecular flexibility index (Phi) is 2.86. The number of nitrogens with one attached hydrogen (secondary N) is 1. The van der Waals surface area contributed by atoms with Crippen molar-refractivity contribution in [3.05, 3.63) is 26.7 Å². The summed E-state index contributed by atoms with van der Waals surface area (Å²) in [7, 11) is 3.02. The van der Waals surface area contributed by atoms with Gasteiger partial charge < -0.3 is 10.7 Å². The molecule has 0 saturated carbocycles. The maximum absolute atomic E-state index is 11.9. The number of fused-ring (bicyclic) bond motifs is 1. The number of imidazole rings is 1. The number of aromatic amines is 1. The monoisotopic (exact) mass is 251 g/mol. The average Bonchev–Trinajstić information content (AvgIpc) is 2.77. The minimum Gasteiger partial charge on any atom is -0.335 e. The molecule has 2 aromatic heterocycles. The van der Waals surface area contributed by atoms with Gasteiger partial charge in [0, 0.05) is 14.1 Å². The van der Waals surface area contributed by atoms with Crippen LogP contribution in [-0.4, -0.2) is 19.1 Å². The van der Waals surface area contributed by atoms with Gasteiger partial charge in [0.1, 0.15) is 11.3 Å². The maximum atomic E-state index is 11.9. The summed E-state index contributed by atoms with van der Waals surface area (Å²) < 4.78 is 2.38. The molecule has 2 aromatic rings. The number of H-pyrrole nitrogens is 1. The molecule has 98 valence electrons. The Hall–Kier alpha value is -1.89. The minimum absolute atomic E-state index is 0.187. The van der Waals surface area contributed by atoms with Crippen LogP contribution in [0.1, 0.15) is 25.7 Å². The summed E-state index contributed by atoms with van der Waals surface area (Å²) in [5, 5.41) is 0. The number of aromatic nitrogens is 4. The molecule has 2 heterocycles. The van der Waals surface area contributed by atoms with Crippen molar-refractivity contribution >= 4 is 11.2 Å². The van der Waals surface area contributed by atoms with Crippen LogP contribution in [-0.2, 0) is 14.1 Å². The molecule has 0 aliphatic rings. The first-order chi connectivity index (χ1) is 8.34. The van der Waals surface area contributed by atoms with Gasteiger partial charge in [-0.1, -0.05) is 13.8 Å².